The maximum Gasteiger partial charge on any atom is 0.416 e. The van der Waals surface area contributed by atoms with Gasteiger partial charge in [-0.1, -0.05) is 30.5 Å². The molecule has 0 unspecified atom stereocenters. The van der Waals surface area contributed by atoms with Crippen LogP contribution in [0.1, 0.15) is 12.0 Å². The topological polar surface area (TPSA) is 93.5 Å². The standard InChI is InChI=1S/C24H28F3N3OS.C4H4O4/c1-2-31-17-16-29-14-12-28(13-15-29)10-5-11-30-20-6-3-4-7-22(20)32-23-9-8-19(18-21(23)30)24(25,26)27;5-3(6)1-2-4(7)8/h2-4,6-9,18H,1,5,10-17H2;1-2H,(H,5,6)(H,7,8)/b;2-1+. The Bertz CT molecular complexity index is 1180. The van der Waals surface area contributed by atoms with Crippen molar-refractivity contribution in [3.63, 3.8) is 0 Å². The van der Waals surface area contributed by atoms with Gasteiger partial charge < -0.3 is 24.7 Å². The monoisotopic (exact) mass is 579 g/mol. The van der Waals surface area contributed by atoms with Crippen LogP contribution in [0.25, 0.3) is 0 Å². The summed E-state index contributed by atoms with van der Waals surface area (Å²) in [6, 6.07) is 12.0. The Labute approximate surface area is 235 Å². The van der Waals surface area contributed by atoms with E-state index < -0.39 is 23.7 Å². The molecule has 4 rings (SSSR count). The van der Waals surface area contributed by atoms with Crippen molar-refractivity contribution in [3.8, 4) is 0 Å². The molecule has 2 aromatic rings. The van der Waals surface area contributed by atoms with Gasteiger partial charge in [-0.15, -0.1) is 0 Å². The second-order valence-electron chi connectivity index (χ2n) is 8.99. The fourth-order valence-electron chi connectivity index (χ4n) is 4.34. The van der Waals surface area contributed by atoms with Crippen LogP contribution >= 0.6 is 11.8 Å². The molecule has 8 nitrogen and oxygen atoms in total. The van der Waals surface area contributed by atoms with Crippen LogP contribution in [0.2, 0.25) is 0 Å². The zero-order chi connectivity index (χ0) is 29.1. The average Bonchev–Trinajstić information content (AvgIpc) is 2.92. The minimum absolute atomic E-state index is 0.558. The van der Waals surface area contributed by atoms with E-state index in [9.17, 15) is 22.8 Å². The Kier molecular flexibility index (Phi) is 11.5. The van der Waals surface area contributed by atoms with E-state index in [2.05, 4.69) is 21.3 Å². The van der Waals surface area contributed by atoms with Gasteiger partial charge in [0.05, 0.1) is 29.8 Å². The zero-order valence-corrected chi connectivity index (χ0v) is 22.7. The Hall–Kier alpha value is -3.48. The van der Waals surface area contributed by atoms with Crippen molar-refractivity contribution < 1.29 is 37.7 Å². The number of carboxylic acids is 2. The van der Waals surface area contributed by atoms with Crippen LogP contribution < -0.4 is 4.90 Å². The highest BCUT2D eigenvalue weighted by molar-refractivity contribution is 7.99. The molecule has 0 atom stereocenters. The molecule has 12 heteroatoms. The van der Waals surface area contributed by atoms with Crippen LogP contribution in [0.3, 0.4) is 0 Å². The van der Waals surface area contributed by atoms with E-state index in [1.165, 1.54) is 30.2 Å². The minimum Gasteiger partial charge on any atom is -0.500 e. The van der Waals surface area contributed by atoms with Gasteiger partial charge >= 0.3 is 18.1 Å². The summed E-state index contributed by atoms with van der Waals surface area (Å²) >= 11 is 1.53. The second-order valence-corrected chi connectivity index (χ2v) is 10.1. The van der Waals surface area contributed by atoms with E-state index in [4.69, 9.17) is 14.9 Å². The summed E-state index contributed by atoms with van der Waals surface area (Å²) in [5.41, 5.74) is 1.03. The number of alkyl halides is 3. The second kappa shape index (κ2) is 14.8. The number of rotatable bonds is 10. The number of carboxylic acid groups (broad SMARTS) is 2. The summed E-state index contributed by atoms with van der Waals surface area (Å²) in [5.74, 6) is -2.51. The van der Waals surface area contributed by atoms with Crippen LogP contribution in [0.15, 0.2) is 77.2 Å². The van der Waals surface area contributed by atoms with E-state index >= 15 is 0 Å². The van der Waals surface area contributed by atoms with Crippen molar-refractivity contribution in [1.29, 1.82) is 0 Å². The van der Waals surface area contributed by atoms with E-state index in [0.29, 0.717) is 31.0 Å². The Morgan fingerprint density at radius 3 is 2.10 bits per heavy atom. The average molecular weight is 580 g/mol. The maximum atomic E-state index is 13.4. The van der Waals surface area contributed by atoms with Crippen LogP contribution in [-0.2, 0) is 20.5 Å². The third-order valence-corrected chi connectivity index (χ3v) is 7.42. The smallest absolute Gasteiger partial charge is 0.416 e. The first-order valence-corrected chi connectivity index (χ1v) is 13.5. The van der Waals surface area contributed by atoms with E-state index in [0.717, 1.165) is 61.2 Å². The van der Waals surface area contributed by atoms with Crippen molar-refractivity contribution in [2.75, 3.05) is 57.3 Å². The van der Waals surface area contributed by atoms with Crippen molar-refractivity contribution in [2.24, 2.45) is 0 Å². The number of carbonyl (C=O) groups is 2. The molecule has 1 fully saturated rings. The van der Waals surface area contributed by atoms with Crippen molar-refractivity contribution >= 4 is 35.1 Å². The SMILES string of the molecule is C=COCCN1CCN(CCCN2c3ccccc3Sc3ccc(C(F)(F)F)cc32)CC1.O=C(O)/C=C/C(=O)O. The maximum absolute atomic E-state index is 13.4. The molecule has 1 saturated heterocycles. The minimum atomic E-state index is -4.35. The summed E-state index contributed by atoms with van der Waals surface area (Å²) in [5, 5.41) is 15.6. The first kappa shape index (κ1) is 31.1. The summed E-state index contributed by atoms with van der Waals surface area (Å²) in [4.78, 5) is 27.9. The quantitative estimate of drug-likeness (QED) is 0.224. The lowest BCUT2D eigenvalue weighted by Gasteiger charge is -2.36. The molecule has 0 aliphatic carbocycles. The van der Waals surface area contributed by atoms with E-state index in [1.807, 2.05) is 24.3 Å². The number of anilines is 2. The Morgan fingerprint density at radius 2 is 1.50 bits per heavy atom. The zero-order valence-electron chi connectivity index (χ0n) is 21.8. The molecule has 2 heterocycles. The highest BCUT2D eigenvalue weighted by Crippen LogP contribution is 2.49. The highest BCUT2D eigenvalue weighted by atomic mass is 32.2. The van der Waals surface area contributed by atoms with Gasteiger partial charge in [0.15, 0.2) is 0 Å². The van der Waals surface area contributed by atoms with Gasteiger partial charge in [0, 0.05) is 61.2 Å². The molecule has 0 aromatic heterocycles. The summed E-state index contributed by atoms with van der Waals surface area (Å²) in [7, 11) is 0. The molecule has 2 aromatic carbocycles. The third kappa shape index (κ3) is 9.32. The molecule has 2 aliphatic heterocycles. The molecule has 0 radical (unpaired) electrons. The normalized spacial score (nSPS) is 15.5. The number of fused-ring (bicyclic) bond motifs is 2. The Balaban J connectivity index is 0.000000482. The first-order chi connectivity index (χ1) is 19.1. The fraction of sp³-hybridized carbons (Fsp3) is 0.357. The van der Waals surface area contributed by atoms with Crippen LogP contribution in [-0.4, -0.2) is 84.4 Å². The summed E-state index contributed by atoms with van der Waals surface area (Å²) < 4.78 is 45.3. The number of halogens is 3. The van der Waals surface area contributed by atoms with Gasteiger partial charge in [-0.25, -0.2) is 9.59 Å². The van der Waals surface area contributed by atoms with Gasteiger partial charge in [0.25, 0.3) is 0 Å². The van der Waals surface area contributed by atoms with E-state index in [1.54, 1.807) is 6.07 Å². The number of hydrogen-bond donors (Lipinski definition) is 2. The highest BCUT2D eigenvalue weighted by Gasteiger charge is 2.33. The lowest BCUT2D eigenvalue weighted by Crippen LogP contribution is -2.47. The van der Waals surface area contributed by atoms with Gasteiger partial charge in [-0.2, -0.15) is 13.2 Å². The molecule has 0 amide bonds. The first-order valence-electron chi connectivity index (χ1n) is 12.7. The lowest BCUT2D eigenvalue weighted by molar-refractivity contribution is -0.137. The predicted octanol–water partition coefficient (Wildman–Crippen LogP) is 5.19. The van der Waals surface area contributed by atoms with Crippen molar-refractivity contribution in [1.82, 2.24) is 9.80 Å². The molecule has 2 aliphatic rings. The number of piperazine rings is 1. The number of para-hydroxylation sites is 1. The van der Waals surface area contributed by atoms with Crippen molar-refractivity contribution in [3.05, 3.63) is 73.0 Å². The number of nitrogens with zero attached hydrogens (tertiary/aromatic N) is 3. The molecule has 216 valence electrons. The number of hydrogen-bond acceptors (Lipinski definition) is 7. The summed E-state index contributed by atoms with van der Waals surface area (Å²) in [6.45, 7) is 10.7. The fourth-order valence-corrected chi connectivity index (χ4v) is 5.42. The number of ether oxygens (including phenoxy) is 1. The van der Waals surface area contributed by atoms with Crippen LogP contribution in [0.5, 0.6) is 0 Å². The third-order valence-electron chi connectivity index (χ3n) is 6.29. The molecule has 40 heavy (non-hydrogen) atoms. The van der Waals surface area contributed by atoms with E-state index in [-0.39, 0.29) is 0 Å². The molecule has 0 spiro atoms. The number of aliphatic carboxylic acids is 2. The van der Waals surface area contributed by atoms with Gasteiger partial charge in [-0.05, 0) is 43.3 Å². The molecule has 0 saturated carbocycles. The molecule has 2 N–H and O–H groups in total. The lowest BCUT2D eigenvalue weighted by atomic mass is 10.1. The number of benzene rings is 2. The van der Waals surface area contributed by atoms with Gasteiger partial charge in [-0.3, -0.25) is 4.90 Å². The van der Waals surface area contributed by atoms with Crippen LogP contribution in [0, 0.1) is 0 Å². The van der Waals surface area contributed by atoms with Crippen molar-refractivity contribution in [2.45, 2.75) is 22.4 Å². The molecular weight excluding hydrogens is 547 g/mol. The molecule has 0 bridgehead atoms. The Morgan fingerprint density at radius 1 is 0.900 bits per heavy atom. The predicted molar refractivity (Wildman–Crippen MR) is 147 cm³/mol. The summed E-state index contributed by atoms with van der Waals surface area (Å²) in [6.07, 6.45) is -0.874. The van der Waals surface area contributed by atoms with Gasteiger partial charge in [0.2, 0.25) is 0 Å². The largest absolute Gasteiger partial charge is 0.500 e. The van der Waals surface area contributed by atoms with Gasteiger partial charge in [0.1, 0.15) is 0 Å². The van der Waals surface area contributed by atoms with Crippen LogP contribution in [0.4, 0.5) is 24.5 Å². The molecular formula is C28H32F3N3O5S.